The minimum Gasteiger partial charge on any atom is -0.353 e. The molecule has 3 nitrogen and oxygen atoms in total. The molecule has 3 unspecified atom stereocenters. The number of benzene rings is 1. The summed E-state index contributed by atoms with van der Waals surface area (Å²) >= 11 is 0. The van der Waals surface area contributed by atoms with E-state index in [1.54, 1.807) is 0 Å². The molecule has 1 fully saturated rings. The van der Waals surface area contributed by atoms with Gasteiger partial charge in [0.25, 0.3) is 0 Å². The van der Waals surface area contributed by atoms with Crippen LogP contribution in [0.3, 0.4) is 0 Å². The third-order valence-corrected chi connectivity index (χ3v) is 4.96. The maximum atomic E-state index is 14.6. The maximum absolute atomic E-state index is 14.6. The number of nitrogens with one attached hydrogen (secondary N) is 1. The van der Waals surface area contributed by atoms with Gasteiger partial charge in [0.15, 0.2) is 6.17 Å². The van der Waals surface area contributed by atoms with Crippen LogP contribution in [-0.2, 0) is 0 Å². The third-order valence-electron chi connectivity index (χ3n) is 4.96. The highest BCUT2D eigenvalue weighted by Crippen LogP contribution is 2.36. The van der Waals surface area contributed by atoms with Crippen molar-refractivity contribution in [3.63, 3.8) is 0 Å². The molecule has 0 saturated carbocycles. The van der Waals surface area contributed by atoms with Gasteiger partial charge in [-0.15, -0.1) is 0 Å². The lowest BCUT2D eigenvalue weighted by molar-refractivity contribution is 0.263. The van der Waals surface area contributed by atoms with Crippen molar-refractivity contribution in [3.05, 3.63) is 60.3 Å². The number of rotatable bonds is 7. The van der Waals surface area contributed by atoms with E-state index >= 15 is 0 Å². The van der Waals surface area contributed by atoms with Crippen LogP contribution in [0.4, 0.5) is 8.78 Å². The number of halogens is 2. The highest BCUT2D eigenvalue weighted by atomic mass is 19.1. The lowest BCUT2D eigenvalue weighted by Gasteiger charge is -2.29. The molecule has 26 heavy (non-hydrogen) atoms. The summed E-state index contributed by atoms with van der Waals surface area (Å²) in [6.07, 6.45) is -1.89. The summed E-state index contributed by atoms with van der Waals surface area (Å²) in [5.74, 6) is 0.368. The zero-order valence-electron chi connectivity index (χ0n) is 16.1. The number of amidine groups is 1. The second kappa shape index (κ2) is 8.12. The Hall–Kier alpha value is -2.01. The molecule has 2 rings (SSSR count). The van der Waals surface area contributed by atoms with Crippen molar-refractivity contribution < 1.29 is 8.78 Å². The molecule has 1 aliphatic rings. The van der Waals surface area contributed by atoms with E-state index in [9.17, 15) is 8.78 Å². The van der Waals surface area contributed by atoms with E-state index in [0.29, 0.717) is 30.1 Å². The molecule has 1 aromatic rings. The van der Waals surface area contributed by atoms with Crippen molar-refractivity contribution in [1.82, 2.24) is 10.2 Å². The van der Waals surface area contributed by atoms with E-state index in [1.165, 1.54) is 6.92 Å². The monoisotopic (exact) mass is 361 g/mol. The van der Waals surface area contributed by atoms with Crippen molar-refractivity contribution in [3.8, 4) is 0 Å². The van der Waals surface area contributed by atoms with Gasteiger partial charge in [0.2, 0.25) is 0 Å². The quantitative estimate of drug-likeness (QED) is 0.558. The van der Waals surface area contributed by atoms with E-state index in [-0.39, 0.29) is 6.04 Å². The van der Waals surface area contributed by atoms with Gasteiger partial charge in [0.05, 0.1) is 11.7 Å². The highest BCUT2D eigenvalue weighted by molar-refractivity contribution is 5.90. The largest absolute Gasteiger partial charge is 0.353 e. The molecule has 1 saturated heterocycles. The molecule has 0 radical (unpaired) electrons. The molecule has 5 heteroatoms. The molecule has 3 atom stereocenters. The number of likely N-dealkylation sites (tertiary alicyclic amines) is 1. The molecule has 142 valence electrons. The summed E-state index contributed by atoms with van der Waals surface area (Å²) in [6, 6.07) is 9.80. The molecular weight excluding hydrogens is 332 g/mol. The van der Waals surface area contributed by atoms with Crippen LogP contribution in [0, 0.1) is 5.41 Å². The summed E-state index contributed by atoms with van der Waals surface area (Å²) in [5.41, 5.74) is 1.72. The summed E-state index contributed by atoms with van der Waals surface area (Å²) in [5, 5.41) is 2.76. The molecule has 0 aliphatic carbocycles. The highest BCUT2D eigenvalue weighted by Gasteiger charge is 2.37. The molecule has 1 aromatic carbocycles. The Morgan fingerprint density at radius 2 is 1.96 bits per heavy atom. The predicted molar refractivity (Wildman–Crippen MR) is 105 cm³/mol. The summed E-state index contributed by atoms with van der Waals surface area (Å²) in [7, 11) is 1.85. The molecular formula is C21H29F2N3. The molecule has 1 heterocycles. The number of alkyl halides is 2. The van der Waals surface area contributed by atoms with Gasteiger partial charge in [0, 0.05) is 25.4 Å². The lowest BCUT2D eigenvalue weighted by atomic mass is 9.83. The van der Waals surface area contributed by atoms with E-state index in [0.717, 1.165) is 5.56 Å². The van der Waals surface area contributed by atoms with E-state index in [2.05, 4.69) is 23.5 Å². The molecule has 0 spiro atoms. The Balaban J connectivity index is 2.15. The van der Waals surface area contributed by atoms with Crippen molar-refractivity contribution >= 4 is 5.84 Å². The van der Waals surface area contributed by atoms with Gasteiger partial charge < -0.3 is 4.90 Å². The smallest absolute Gasteiger partial charge is 0.160 e. The summed E-state index contributed by atoms with van der Waals surface area (Å²) in [6.45, 7) is 13.8. The second-order valence-corrected chi connectivity index (χ2v) is 7.52. The van der Waals surface area contributed by atoms with Crippen LogP contribution in [0.25, 0.3) is 0 Å². The standard InChI is InChI=1S/C21H29F2N3/c1-14(21(4,5)13-24-16(3)22)15(2)25-20-18(23)12-19(26(20)6)17-10-8-7-9-11-17/h7-11,16,18-19,24H,1-2,12-13H2,3-6H3. The Morgan fingerprint density at radius 3 is 2.54 bits per heavy atom. The predicted octanol–water partition coefficient (Wildman–Crippen LogP) is 4.80. The van der Waals surface area contributed by atoms with E-state index in [4.69, 9.17) is 0 Å². The average Bonchev–Trinajstić information content (AvgIpc) is 2.88. The minimum absolute atomic E-state index is 0.0481. The van der Waals surface area contributed by atoms with Gasteiger partial charge in [-0.3, -0.25) is 5.32 Å². The van der Waals surface area contributed by atoms with E-state index in [1.807, 2.05) is 56.1 Å². The van der Waals surface area contributed by atoms with E-state index < -0.39 is 17.9 Å². The second-order valence-electron chi connectivity index (χ2n) is 7.52. The Labute approximate surface area is 155 Å². The number of hydrogen-bond acceptors (Lipinski definition) is 2. The van der Waals surface area contributed by atoms with Crippen LogP contribution in [0.1, 0.15) is 38.8 Å². The van der Waals surface area contributed by atoms with Gasteiger partial charge in [0.1, 0.15) is 12.1 Å². The normalized spacial score (nSPS) is 23.3. The van der Waals surface area contributed by atoms with Crippen LogP contribution in [0.5, 0.6) is 0 Å². The van der Waals surface area contributed by atoms with Crippen molar-refractivity contribution in [1.29, 1.82) is 0 Å². The number of nitrogens with zero attached hydrogens (tertiary/aromatic N) is 2. The zero-order chi connectivity index (χ0) is 19.5. The fraction of sp³-hybridized carbons (Fsp3) is 0.476. The first kappa shape index (κ1) is 20.3. The first-order valence-corrected chi connectivity index (χ1v) is 8.90. The third kappa shape index (κ3) is 4.58. The van der Waals surface area contributed by atoms with Gasteiger partial charge in [-0.25, -0.2) is 13.8 Å². The fourth-order valence-electron chi connectivity index (χ4n) is 3.12. The summed E-state index contributed by atoms with van der Waals surface area (Å²) < 4.78 is 27.7. The maximum Gasteiger partial charge on any atom is 0.160 e. The molecule has 0 aromatic heterocycles. The number of allylic oxidation sites excluding steroid dienone is 1. The van der Waals surface area contributed by atoms with Crippen LogP contribution in [0.15, 0.2) is 59.8 Å². The lowest BCUT2D eigenvalue weighted by Crippen LogP contribution is -2.35. The number of aliphatic imine (C=N–C) groups is 1. The van der Waals surface area contributed by atoms with Crippen LogP contribution >= 0.6 is 0 Å². The SMILES string of the molecule is C=C(N=C1C(F)CC(c2ccccc2)N1C)C(=C)C(C)(C)CNC(C)F. The average molecular weight is 361 g/mol. The Bertz CT molecular complexity index is 680. The number of hydrogen-bond donors (Lipinski definition) is 1. The topological polar surface area (TPSA) is 27.6 Å². The summed E-state index contributed by atoms with van der Waals surface area (Å²) in [4.78, 5) is 6.33. The van der Waals surface area contributed by atoms with Crippen molar-refractivity contribution in [2.45, 2.75) is 45.7 Å². The Kier molecular flexibility index (Phi) is 6.34. The van der Waals surface area contributed by atoms with Crippen LogP contribution in [-0.4, -0.2) is 36.8 Å². The van der Waals surface area contributed by atoms with Gasteiger partial charge in [-0.05, 0) is 18.1 Å². The van der Waals surface area contributed by atoms with Gasteiger partial charge in [-0.1, -0.05) is 57.3 Å². The van der Waals surface area contributed by atoms with Crippen molar-refractivity contribution in [2.75, 3.05) is 13.6 Å². The van der Waals surface area contributed by atoms with Crippen molar-refractivity contribution in [2.24, 2.45) is 10.4 Å². The molecule has 1 aliphatic heterocycles. The fourth-order valence-corrected chi connectivity index (χ4v) is 3.12. The first-order valence-electron chi connectivity index (χ1n) is 8.90. The van der Waals surface area contributed by atoms with Crippen LogP contribution < -0.4 is 5.32 Å². The molecule has 1 N–H and O–H groups in total. The molecule has 0 amide bonds. The van der Waals surface area contributed by atoms with Gasteiger partial charge >= 0.3 is 0 Å². The van der Waals surface area contributed by atoms with Crippen LogP contribution in [0.2, 0.25) is 0 Å². The molecule has 0 bridgehead atoms. The van der Waals surface area contributed by atoms with Gasteiger partial charge in [-0.2, -0.15) is 0 Å². The first-order chi connectivity index (χ1) is 12.1. The zero-order valence-corrected chi connectivity index (χ0v) is 16.1. The minimum atomic E-state index is -1.15. The Morgan fingerprint density at radius 1 is 1.35 bits per heavy atom.